The van der Waals surface area contributed by atoms with Gasteiger partial charge in [-0.1, -0.05) is 6.92 Å². The molecule has 1 aromatic rings. The van der Waals surface area contributed by atoms with Crippen molar-refractivity contribution in [1.29, 1.82) is 0 Å². The molecule has 1 fully saturated rings. The van der Waals surface area contributed by atoms with Crippen LogP contribution in [0.4, 0.5) is 0 Å². The molecule has 0 aromatic carbocycles. The fourth-order valence-corrected chi connectivity index (χ4v) is 3.73. The van der Waals surface area contributed by atoms with Gasteiger partial charge in [-0.15, -0.1) is 0 Å². The molecule has 0 aliphatic carbocycles. The van der Waals surface area contributed by atoms with E-state index >= 15 is 0 Å². The first-order valence-electron chi connectivity index (χ1n) is 7.16. The molecule has 1 aliphatic rings. The fraction of sp³-hybridized carbons (Fsp3) is 0.733. The van der Waals surface area contributed by atoms with E-state index in [0.29, 0.717) is 6.04 Å². The first-order valence-corrected chi connectivity index (χ1v) is 8.11. The Bertz CT molecular complexity index is 382. The van der Waals surface area contributed by atoms with E-state index in [4.69, 9.17) is 10.5 Å². The van der Waals surface area contributed by atoms with Gasteiger partial charge < -0.3 is 10.5 Å². The number of nitrogens with two attached hydrogens (primary N) is 1. The average molecular weight is 282 g/mol. The van der Waals surface area contributed by atoms with Crippen LogP contribution in [0.1, 0.15) is 44.7 Å². The molecule has 0 bridgehead atoms. The molecule has 3 unspecified atom stereocenters. The van der Waals surface area contributed by atoms with Crippen LogP contribution in [-0.2, 0) is 4.74 Å². The lowest BCUT2D eigenvalue weighted by Crippen LogP contribution is -2.52. The quantitative estimate of drug-likeness (QED) is 0.902. The maximum Gasteiger partial charge on any atom is 0.0777 e. The van der Waals surface area contributed by atoms with Crippen LogP contribution in [0.2, 0.25) is 0 Å². The third kappa shape index (κ3) is 3.37. The van der Waals surface area contributed by atoms with Crippen molar-refractivity contribution in [3.8, 4) is 0 Å². The molecule has 2 N–H and O–H groups in total. The summed E-state index contributed by atoms with van der Waals surface area (Å²) in [5.74, 6) is 0. The first-order chi connectivity index (χ1) is 9.09. The normalized spacial score (nSPS) is 28.2. The van der Waals surface area contributed by atoms with E-state index in [1.165, 1.54) is 12.0 Å². The number of likely N-dealkylation sites (tertiary alicyclic amines) is 1. The van der Waals surface area contributed by atoms with Gasteiger partial charge in [0.15, 0.2) is 0 Å². The zero-order valence-electron chi connectivity index (χ0n) is 12.3. The molecule has 0 radical (unpaired) electrons. The van der Waals surface area contributed by atoms with Gasteiger partial charge in [0.05, 0.1) is 11.6 Å². The second kappa shape index (κ2) is 6.35. The maximum atomic E-state index is 6.39. The molecule has 2 heterocycles. The molecule has 108 valence electrons. The number of piperidine rings is 1. The molecular weight excluding hydrogens is 256 g/mol. The summed E-state index contributed by atoms with van der Waals surface area (Å²) in [7, 11) is 1.82. The Morgan fingerprint density at radius 2 is 2.37 bits per heavy atom. The second-order valence-corrected chi connectivity index (χ2v) is 6.58. The van der Waals surface area contributed by atoms with E-state index in [9.17, 15) is 0 Å². The highest BCUT2D eigenvalue weighted by atomic mass is 32.1. The van der Waals surface area contributed by atoms with Crippen molar-refractivity contribution in [2.75, 3.05) is 20.2 Å². The summed E-state index contributed by atoms with van der Waals surface area (Å²) < 4.78 is 5.71. The number of hydrogen-bond acceptors (Lipinski definition) is 4. The average Bonchev–Trinajstić information content (AvgIpc) is 2.93. The third-order valence-electron chi connectivity index (χ3n) is 4.34. The first kappa shape index (κ1) is 15.0. The fourth-order valence-electron chi connectivity index (χ4n) is 3.04. The standard InChI is InChI=1S/C15H26N2OS/c1-4-13(16)14(12-6-9-19-10-12)17-8-5-7-15(2,11-17)18-3/h6,9-10,13-14H,4-5,7-8,11,16H2,1-3H3. The summed E-state index contributed by atoms with van der Waals surface area (Å²) in [5.41, 5.74) is 7.72. The van der Waals surface area contributed by atoms with Crippen molar-refractivity contribution < 1.29 is 4.74 Å². The highest BCUT2D eigenvalue weighted by molar-refractivity contribution is 7.07. The summed E-state index contributed by atoms with van der Waals surface area (Å²) in [4.78, 5) is 2.52. The Morgan fingerprint density at radius 1 is 1.58 bits per heavy atom. The zero-order valence-corrected chi connectivity index (χ0v) is 13.1. The van der Waals surface area contributed by atoms with Gasteiger partial charge in [-0.2, -0.15) is 11.3 Å². The molecule has 0 amide bonds. The third-order valence-corrected chi connectivity index (χ3v) is 5.04. The van der Waals surface area contributed by atoms with Crippen LogP contribution in [0.5, 0.6) is 0 Å². The summed E-state index contributed by atoms with van der Waals surface area (Å²) in [6.45, 7) is 6.47. The lowest BCUT2D eigenvalue weighted by molar-refractivity contribution is -0.0643. The Morgan fingerprint density at radius 3 is 2.95 bits per heavy atom. The van der Waals surface area contributed by atoms with Crippen LogP contribution >= 0.6 is 11.3 Å². The number of methoxy groups -OCH3 is 1. The maximum absolute atomic E-state index is 6.39. The van der Waals surface area contributed by atoms with Gasteiger partial charge >= 0.3 is 0 Å². The molecule has 3 nitrogen and oxygen atoms in total. The van der Waals surface area contributed by atoms with Crippen molar-refractivity contribution in [2.45, 2.75) is 50.8 Å². The molecule has 4 heteroatoms. The van der Waals surface area contributed by atoms with Gasteiger partial charge in [0.1, 0.15) is 0 Å². The van der Waals surface area contributed by atoms with E-state index in [0.717, 1.165) is 25.9 Å². The highest BCUT2D eigenvalue weighted by Gasteiger charge is 2.36. The van der Waals surface area contributed by atoms with Gasteiger partial charge in [-0.05, 0) is 55.1 Å². The van der Waals surface area contributed by atoms with E-state index in [-0.39, 0.29) is 11.6 Å². The van der Waals surface area contributed by atoms with Crippen molar-refractivity contribution in [3.63, 3.8) is 0 Å². The molecule has 2 rings (SSSR count). The molecule has 1 aromatic heterocycles. The number of nitrogens with zero attached hydrogens (tertiary/aromatic N) is 1. The minimum atomic E-state index is -0.0278. The molecule has 1 saturated heterocycles. The number of hydrogen-bond donors (Lipinski definition) is 1. The van der Waals surface area contributed by atoms with Crippen LogP contribution in [0, 0.1) is 0 Å². The zero-order chi connectivity index (χ0) is 13.9. The van der Waals surface area contributed by atoms with Crippen LogP contribution in [-0.4, -0.2) is 36.7 Å². The van der Waals surface area contributed by atoms with Crippen LogP contribution in [0.15, 0.2) is 16.8 Å². The predicted molar refractivity (Wildman–Crippen MR) is 81.5 cm³/mol. The van der Waals surface area contributed by atoms with Gasteiger partial charge in [-0.3, -0.25) is 4.90 Å². The largest absolute Gasteiger partial charge is 0.377 e. The Hall–Kier alpha value is -0.420. The summed E-state index contributed by atoms with van der Waals surface area (Å²) in [6.07, 6.45) is 3.32. The Labute approximate surface area is 120 Å². The van der Waals surface area contributed by atoms with E-state index < -0.39 is 0 Å². The van der Waals surface area contributed by atoms with E-state index in [1.807, 2.05) is 7.11 Å². The molecule has 3 atom stereocenters. The van der Waals surface area contributed by atoms with Crippen molar-refractivity contribution >= 4 is 11.3 Å². The number of ether oxygens (including phenoxy) is 1. The number of rotatable bonds is 5. The SMILES string of the molecule is CCC(N)C(c1ccsc1)N1CCCC(C)(OC)C1. The molecule has 19 heavy (non-hydrogen) atoms. The predicted octanol–water partition coefficient (Wildman–Crippen LogP) is 3.03. The van der Waals surface area contributed by atoms with E-state index in [1.54, 1.807) is 11.3 Å². The summed E-state index contributed by atoms with van der Waals surface area (Å²) in [5, 5.41) is 4.38. The number of thiophene rings is 1. The van der Waals surface area contributed by atoms with Crippen LogP contribution in [0.25, 0.3) is 0 Å². The second-order valence-electron chi connectivity index (χ2n) is 5.80. The Kier molecular flexibility index (Phi) is 5.01. The van der Waals surface area contributed by atoms with Gasteiger partial charge in [-0.25, -0.2) is 0 Å². The molecule has 0 spiro atoms. The summed E-state index contributed by atoms with van der Waals surface area (Å²) >= 11 is 1.75. The van der Waals surface area contributed by atoms with Crippen molar-refractivity contribution in [3.05, 3.63) is 22.4 Å². The van der Waals surface area contributed by atoms with Crippen molar-refractivity contribution in [2.24, 2.45) is 5.73 Å². The lowest BCUT2D eigenvalue weighted by Gasteiger charge is -2.44. The van der Waals surface area contributed by atoms with E-state index in [2.05, 4.69) is 35.6 Å². The highest BCUT2D eigenvalue weighted by Crippen LogP contribution is 2.33. The summed E-state index contributed by atoms with van der Waals surface area (Å²) in [6, 6.07) is 2.73. The molecule has 1 aliphatic heterocycles. The monoisotopic (exact) mass is 282 g/mol. The van der Waals surface area contributed by atoms with Gasteiger partial charge in [0.25, 0.3) is 0 Å². The minimum absolute atomic E-state index is 0.0278. The van der Waals surface area contributed by atoms with Crippen LogP contribution in [0.3, 0.4) is 0 Å². The lowest BCUT2D eigenvalue weighted by atomic mass is 9.90. The molecular formula is C15H26N2OS. The van der Waals surface area contributed by atoms with Crippen LogP contribution < -0.4 is 5.73 Å². The topological polar surface area (TPSA) is 38.5 Å². The van der Waals surface area contributed by atoms with Gasteiger partial charge in [0.2, 0.25) is 0 Å². The van der Waals surface area contributed by atoms with Gasteiger partial charge in [0, 0.05) is 19.7 Å². The smallest absolute Gasteiger partial charge is 0.0777 e. The Balaban J connectivity index is 2.19. The molecule has 0 saturated carbocycles. The minimum Gasteiger partial charge on any atom is -0.377 e. The van der Waals surface area contributed by atoms with Crippen molar-refractivity contribution in [1.82, 2.24) is 4.90 Å².